The molecule has 19 heavy (non-hydrogen) atoms. The number of likely N-dealkylation sites (tertiary alicyclic amines) is 1. The van der Waals surface area contributed by atoms with E-state index >= 15 is 0 Å². The van der Waals surface area contributed by atoms with E-state index in [9.17, 15) is 4.39 Å². The van der Waals surface area contributed by atoms with Crippen LogP contribution in [0.25, 0.3) is 0 Å². The molecule has 2 bridgehead atoms. The lowest BCUT2D eigenvalue weighted by Crippen LogP contribution is -2.36. The summed E-state index contributed by atoms with van der Waals surface area (Å²) < 4.78 is 13.8. The fourth-order valence-electron chi connectivity index (χ4n) is 3.42. The van der Waals surface area contributed by atoms with E-state index in [1.165, 1.54) is 24.8 Å². The third-order valence-electron chi connectivity index (χ3n) is 4.62. The summed E-state index contributed by atoms with van der Waals surface area (Å²) in [6, 6.07) is 6.83. The summed E-state index contributed by atoms with van der Waals surface area (Å²) in [4.78, 5) is 5.07. The molecule has 3 rings (SSSR count). The number of nitrogens with zero attached hydrogens (tertiary/aromatic N) is 2. The van der Waals surface area contributed by atoms with Crippen LogP contribution < -0.4 is 0 Å². The zero-order chi connectivity index (χ0) is 13.4. The topological polar surface area (TPSA) is 6.48 Å². The van der Waals surface area contributed by atoms with Gasteiger partial charge in [0.15, 0.2) is 0 Å². The van der Waals surface area contributed by atoms with Gasteiger partial charge in [-0.3, -0.25) is 9.80 Å². The molecule has 2 aliphatic heterocycles. The minimum atomic E-state index is -0.182. The van der Waals surface area contributed by atoms with Crippen molar-refractivity contribution in [3.05, 3.63) is 34.1 Å². The maximum absolute atomic E-state index is 13.2. The molecule has 0 aromatic heterocycles. The SMILES string of the molecule is CN1C2CCC1CN(Cc1ccc(F)c(Br)c1)CC2. The maximum Gasteiger partial charge on any atom is 0.137 e. The normalized spacial score (nSPS) is 28.6. The van der Waals surface area contributed by atoms with Gasteiger partial charge in [0, 0.05) is 31.7 Å². The van der Waals surface area contributed by atoms with Crippen LogP contribution in [-0.2, 0) is 6.54 Å². The van der Waals surface area contributed by atoms with Crippen molar-refractivity contribution in [3.63, 3.8) is 0 Å². The second-order valence-corrected chi connectivity index (χ2v) is 6.68. The summed E-state index contributed by atoms with van der Waals surface area (Å²) in [5.41, 5.74) is 1.19. The molecule has 4 heteroatoms. The van der Waals surface area contributed by atoms with E-state index in [0.717, 1.165) is 25.7 Å². The Morgan fingerprint density at radius 3 is 2.84 bits per heavy atom. The van der Waals surface area contributed by atoms with Gasteiger partial charge >= 0.3 is 0 Å². The molecule has 0 aliphatic carbocycles. The number of hydrogen-bond acceptors (Lipinski definition) is 2. The van der Waals surface area contributed by atoms with Crippen LogP contribution in [0.2, 0.25) is 0 Å². The molecule has 0 radical (unpaired) electrons. The van der Waals surface area contributed by atoms with E-state index in [1.54, 1.807) is 6.07 Å². The zero-order valence-corrected chi connectivity index (χ0v) is 12.9. The highest BCUT2D eigenvalue weighted by Crippen LogP contribution is 2.29. The molecular weight excluding hydrogens is 307 g/mol. The zero-order valence-electron chi connectivity index (χ0n) is 11.3. The lowest BCUT2D eigenvalue weighted by molar-refractivity contribution is 0.214. The highest BCUT2D eigenvalue weighted by Gasteiger charge is 2.34. The Balaban J connectivity index is 1.68. The Morgan fingerprint density at radius 2 is 2.05 bits per heavy atom. The van der Waals surface area contributed by atoms with Gasteiger partial charge < -0.3 is 0 Å². The Bertz CT molecular complexity index is 465. The summed E-state index contributed by atoms with van der Waals surface area (Å²) in [5, 5.41) is 0. The van der Waals surface area contributed by atoms with Crippen LogP contribution in [0.1, 0.15) is 24.8 Å². The third-order valence-corrected chi connectivity index (χ3v) is 5.23. The molecule has 2 fully saturated rings. The first-order valence-corrected chi connectivity index (χ1v) is 7.81. The molecule has 2 aliphatic rings. The van der Waals surface area contributed by atoms with Gasteiger partial charge in [0.2, 0.25) is 0 Å². The number of halogens is 2. The fraction of sp³-hybridized carbons (Fsp3) is 0.600. The molecule has 0 amide bonds. The first-order valence-electron chi connectivity index (χ1n) is 7.01. The van der Waals surface area contributed by atoms with E-state index in [-0.39, 0.29) is 5.82 Å². The molecule has 2 unspecified atom stereocenters. The standard InChI is InChI=1S/C15H20BrFN2/c1-18-12-3-4-13(18)10-19(7-6-12)9-11-2-5-15(17)14(16)8-11/h2,5,8,12-13H,3-4,6-7,9-10H2,1H3. The lowest BCUT2D eigenvalue weighted by atomic mass is 10.1. The van der Waals surface area contributed by atoms with E-state index in [2.05, 4.69) is 32.8 Å². The molecule has 2 atom stereocenters. The molecule has 0 saturated carbocycles. The molecule has 0 spiro atoms. The average molecular weight is 327 g/mol. The minimum absolute atomic E-state index is 0.182. The van der Waals surface area contributed by atoms with Gasteiger partial charge in [-0.2, -0.15) is 0 Å². The van der Waals surface area contributed by atoms with Crippen molar-refractivity contribution < 1.29 is 4.39 Å². The van der Waals surface area contributed by atoms with Crippen molar-refractivity contribution in [2.24, 2.45) is 0 Å². The summed E-state index contributed by atoms with van der Waals surface area (Å²) in [5.74, 6) is -0.182. The molecule has 104 valence electrons. The fourth-order valence-corrected chi connectivity index (χ4v) is 3.85. The van der Waals surface area contributed by atoms with Crippen LogP contribution in [0, 0.1) is 5.82 Å². The third kappa shape index (κ3) is 2.86. The van der Waals surface area contributed by atoms with Crippen LogP contribution in [0.5, 0.6) is 0 Å². The van der Waals surface area contributed by atoms with Crippen LogP contribution in [0.15, 0.2) is 22.7 Å². The summed E-state index contributed by atoms with van der Waals surface area (Å²) in [6.45, 7) is 3.22. The summed E-state index contributed by atoms with van der Waals surface area (Å²) in [7, 11) is 2.26. The van der Waals surface area contributed by atoms with Crippen LogP contribution in [0.3, 0.4) is 0 Å². The van der Waals surface area contributed by atoms with Gasteiger partial charge in [-0.25, -0.2) is 4.39 Å². The largest absolute Gasteiger partial charge is 0.299 e. The smallest absolute Gasteiger partial charge is 0.137 e. The number of rotatable bonds is 2. The monoisotopic (exact) mass is 326 g/mol. The van der Waals surface area contributed by atoms with Crippen molar-refractivity contribution in [3.8, 4) is 0 Å². The number of likely N-dealkylation sites (N-methyl/N-ethyl adjacent to an activating group) is 1. The molecule has 2 nitrogen and oxygen atoms in total. The van der Waals surface area contributed by atoms with Gasteiger partial charge in [-0.15, -0.1) is 0 Å². The average Bonchev–Trinajstić information content (AvgIpc) is 2.62. The highest BCUT2D eigenvalue weighted by molar-refractivity contribution is 9.10. The van der Waals surface area contributed by atoms with Crippen molar-refractivity contribution in [2.45, 2.75) is 37.9 Å². The Labute approximate surface area is 122 Å². The number of hydrogen-bond donors (Lipinski definition) is 0. The van der Waals surface area contributed by atoms with Gasteiger partial charge in [-0.05, 0) is 59.9 Å². The summed E-state index contributed by atoms with van der Waals surface area (Å²) in [6.07, 6.45) is 3.94. The van der Waals surface area contributed by atoms with Crippen molar-refractivity contribution in [1.82, 2.24) is 9.80 Å². The van der Waals surface area contributed by atoms with Gasteiger partial charge in [0.25, 0.3) is 0 Å². The van der Waals surface area contributed by atoms with Crippen molar-refractivity contribution in [1.29, 1.82) is 0 Å². The second-order valence-electron chi connectivity index (χ2n) is 5.82. The van der Waals surface area contributed by atoms with E-state index < -0.39 is 0 Å². The van der Waals surface area contributed by atoms with Crippen LogP contribution in [0.4, 0.5) is 4.39 Å². The molecule has 1 aromatic rings. The molecule has 2 heterocycles. The van der Waals surface area contributed by atoms with Crippen molar-refractivity contribution in [2.75, 3.05) is 20.1 Å². The lowest BCUT2D eigenvalue weighted by Gasteiger charge is -2.25. The van der Waals surface area contributed by atoms with E-state index in [0.29, 0.717) is 10.5 Å². The molecular formula is C15H20BrFN2. The van der Waals surface area contributed by atoms with Crippen LogP contribution in [-0.4, -0.2) is 42.0 Å². The van der Waals surface area contributed by atoms with Gasteiger partial charge in [0.1, 0.15) is 5.82 Å². The number of benzene rings is 1. The minimum Gasteiger partial charge on any atom is -0.299 e. The van der Waals surface area contributed by atoms with Crippen molar-refractivity contribution >= 4 is 15.9 Å². The first kappa shape index (κ1) is 13.5. The van der Waals surface area contributed by atoms with Gasteiger partial charge in [-0.1, -0.05) is 6.07 Å². The molecule has 1 aromatic carbocycles. The predicted octanol–water partition coefficient (Wildman–Crippen LogP) is 3.26. The van der Waals surface area contributed by atoms with E-state index in [4.69, 9.17) is 0 Å². The Morgan fingerprint density at radius 1 is 1.26 bits per heavy atom. The quantitative estimate of drug-likeness (QED) is 0.823. The van der Waals surface area contributed by atoms with Crippen LogP contribution >= 0.6 is 15.9 Å². The second kappa shape index (κ2) is 5.51. The Hall–Kier alpha value is -0.450. The van der Waals surface area contributed by atoms with E-state index in [1.807, 2.05) is 12.1 Å². The summed E-state index contributed by atoms with van der Waals surface area (Å²) >= 11 is 3.27. The first-order chi connectivity index (χ1) is 9.13. The predicted molar refractivity (Wildman–Crippen MR) is 78.6 cm³/mol. The maximum atomic E-state index is 13.2. The highest BCUT2D eigenvalue weighted by atomic mass is 79.9. The number of fused-ring (bicyclic) bond motifs is 2. The van der Waals surface area contributed by atoms with Gasteiger partial charge in [0.05, 0.1) is 4.47 Å². The molecule has 0 N–H and O–H groups in total. The molecule has 2 saturated heterocycles. The Kier molecular flexibility index (Phi) is 3.92.